The van der Waals surface area contributed by atoms with Gasteiger partial charge in [0, 0.05) is 11.8 Å². The Morgan fingerprint density at radius 2 is 1.92 bits per heavy atom. The first kappa shape index (κ1) is 17.4. The number of nitriles is 1. The molecule has 3 rings (SSSR count). The van der Waals surface area contributed by atoms with E-state index < -0.39 is 5.97 Å². The van der Waals surface area contributed by atoms with Crippen LogP contribution in [0.3, 0.4) is 0 Å². The van der Waals surface area contributed by atoms with Gasteiger partial charge in [-0.3, -0.25) is 4.98 Å². The minimum atomic E-state index is -0.923. The number of aromatic nitrogens is 1. The normalized spacial score (nSPS) is 10.3. The fourth-order valence-corrected chi connectivity index (χ4v) is 3.06. The molecular weight excluding hydrogens is 324 g/mol. The molecule has 0 aliphatic rings. The van der Waals surface area contributed by atoms with Gasteiger partial charge in [0.25, 0.3) is 0 Å². The highest BCUT2D eigenvalue weighted by Gasteiger charge is 2.13. The lowest BCUT2D eigenvalue weighted by atomic mass is 9.96. The first-order valence-electron chi connectivity index (χ1n) is 8.27. The van der Waals surface area contributed by atoms with Crippen molar-refractivity contribution in [2.75, 3.05) is 0 Å². The average molecular weight is 342 g/mol. The van der Waals surface area contributed by atoms with Crippen LogP contribution in [0.4, 0.5) is 0 Å². The van der Waals surface area contributed by atoms with Gasteiger partial charge in [-0.15, -0.1) is 0 Å². The van der Waals surface area contributed by atoms with Crippen molar-refractivity contribution in [3.8, 4) is 17.3 Å². The van der Waals surface area contributed by atoms with Gasteiger partial charge in [-0.1, -0.05) is 42.0 Å². The zero-order valence-corrected chi connectivity index (χ0v) is 14.7. The van der Waals surface area contributed by atoms with Gasteiger partial charge in [0.1, 0.15) is 0 Å². The third-order valence-electron chi connectivity index (χ3n) is 4.33. The van der Waals surface area contributed by atoms with E-state index in [9.17, 15) is 15.2 Å². The quantitative estimate of drug-likeness (QED) is 0.756. The molecule has 3 aromatic rings. The highest BCUT2D eigenvalue weighted by atomic mass is 16.4. The van der Waals surface area contributed by atoms with E-state index in [1.54, 1.807) is 18.3 Å². The lowest BCUT2D eigenvalue weighted by molar-refractivity contribution is 0.0695. The van der Waals surface area contributed by atoms with Crippen LogP contribution in [0, 0.1) is 25.2 Å². The molecule has 0 spiro atoms. The number of aromatic carboxylic acids is 1. The Hall–Kier alpha value is -3.45. The number of pyridine rings is 1. The first-order valence-corrected chi connectivity index (χ1v) is 8.27. The minimum Gasteiger partial charge on any atom is -0.478 e. The van der Waals surface area contributed by atoms with E-state index >= 15 is 0 Å². The Morgan fingerprint density at radius 3 is 2.62 bits per heavy atom. The molecule has 0 amide bonds. The zero-order valence-electron chi connectivity index (χ0n) is 14.7. The molecule has 1 aromatic heterocycles. The molecule has 0 radical (unpaired) electrons. The molecule has 0 aliphatic carbocycles. The molecule has 2 aromatic carbocycles. The summed E-state index contributed by atoms with van der Waals surface area (Å²) < 4.78 is 0. The van der Waals surface area contributed by atoms with E-state index in [0.29, 0.717) is 17.5 Å². The summed E-state index contributed by atoms with van der Waals surface area (Å²) in [6, 6.07) is 17.0. The summed E-state index contributed by atoms with van der Waals surface area (Å²) in [5.74, 6) is -0.923. The molecule has 1 N–H and O–H groups in total. The molecule has 0 fully saturated rings. The van der Waals surface area contributed by atoms with Gasteiger partial charge in [0.05, 0.1) is 22.9 Å². The smallest absolute Gasteiger partial charge is 0.335 e. The summed E-state index contributed by atoms with van der Waals surface area (Å²) in [4.78, 5) is 16.0. The molecule has 1 heterocycles. The van der Waals surface area contributed by atoms with Crippen molar-refractivity contribution in [2.24, 2.45) is 0 Å². The molecule has 0 aliphatic heterocycles. The molecule has 0 saturated carbocycles. The Labute approximate surface area is 152 Å². The van der Waals surface area contributed by atoms with Crippen LogP contribution in [0.5, 0.6) is 0 Å². The Kier molecular flexibility index (Phi) is 4.81. The highest BCUT2D eigenvalue weighted by molar-refractivity contribution is 5.89. The average Bonchev–Trinajstić information content (AvgIpc) is 2.63. The van der Waals surface area contributed by atoms with Crippen molar-refractivity contribution >= 4 is 5.97 Å². The Balaban J connectivity index is 1.97. The summed E-state index contributed by atoms with van der Waals surface area (Å²) in [5.41, 5.74) is 6.05. The number of hydrogen-bond donors (Lipinski definition) is 1. The largest absolute Gasteiger partial charge is 0.478 e. The van der Waals surface area contributed by atoms with Crippen molar-refractivity contribution < 1.29 is 9.90 Å². The van der Waals surface area contributed by atoms with Gasteiger partial charge in [0.15, 0.2) is 0 Å². The second-order valence-corrected chi connectivity index (χ2v) is 6.31. The van der Waals surface area contributed by atoms with E-state index in [2.05, 4.69) is 11.1 Å². The number of carboxylic acid groups (broad SMARTS) is 1. The predicted molar refractivity (Wildman–Crippen MR) is 100 cm³/mol. The second-order valence-electron chi connectivity index (χ2n) is 6.31. The maximum absolute atomic E-state index is 11.5. The lowest BCUT2D eigenvalue weighted by Gasteiger charge is -2.11. The van der Waals surface area contributed by atoms with E-state index in [-0.39, 0.29) is 0 Å². The van der Waals surface area contributed by atoms with E-state index in [1.165, 1.54) is 0 Å². The van der Waals surface area contributed by atoms with E-state index in [4.69, 9.17) is 0 Å². The summed E-state index contributed by atoms with van der Waals surface area (Å²) in [6.45, 7) is 3.83. The van der Waals surface area contributed by atoms with Crippen molar-refractivity contribution in [3.63, 3.8) is 0 Å². The fraction of sp³-hybridized carbons (Fsp3) is 0.136. The maximum Gasteiger partial charge on any atom is 0.335 e. The SMILES string of the molecule is Cc1ccc(Cc2cnc(-c3ccccc3C#N)c(C)c2)c(C(=O)O)c1. The van der Waals surface area contributed by atoms with Crippen molar-refractivity contribution in [2.45, 2.75) is 20.3 Å². The topological polar surface area (TPSA) is 74.0 Å². The van der Waals surface area contributed by atoms with Crippen LogP contribution in [0.2, 0.25) is 0 Å². The van der Waals surface area contributed by atoms with Crippen molar-refractivity contribution in [1.82, 2.24) is 4.98 Å². The number of hydrogen-bond acceptors (Lipinski definition) is 3. The van der Waals surface area contributed by atoms with Gasteiger partial charge in [-0.05, 0) is 49.1 Å². The van der Waals surface area contributed by atoms with Gasteiger partial charge in [0.2, 0.25) is 0 Å². The molecule has 0 bridgehead atoms. The molecule has 0 unspecified atom stereocenters. The number of benzene rings is 2. The molecule has 128 valence electrons. The molecular formula is C22H18N2O2. The van der Waals surface area contributed by atoms with Crippen LogP contribution in [0.15, 0.2) is 54.7 Å². The van der Waals surface area contributed by atoms with Crippen LogP contribution < -0.4 is 0 Å². The second kappa shape index (κ2) is 7.20. The number of aryl methyl sites for hydroxylation is 2. The third kappa shape index (κ3) is 3.47. The van der Waals surface area contributed by atoms with Gasteiger partial charge < -0.3 is 5.11 Å². The number of carboxylic acids is 1. The van der Waals surface area contributed by atoms with Crippen LogP contribution in [-0.2, 0) is 6.42 Å². The first-order chi connectivity index (χ1) is 12.5. The molecule has 4 nitrogen and oxygen atoms in total. The fourth-order valence-electron chi connectivity index (χ4n) is 3.06. The van der Waals surface area contributed by atoms with Gasteiger partial charge in [-0.25, -0.2) is 4.79 Å². The van der Waals surface area contributed by atoms with Crippen LogP contribution >= 0.6 is 0 Å². The lowest BCUT2D eigenvalue weighted by Crippen LogP contribution is -2.04. The standard InChI is InChI=1S/C22H18N2O2/c1-14-7-8-17(20(9-14)22(25)26)11-16-10-15(2)21(24-13-16)19-6-4-3-5-18(19)12-23/h3-10,13H,11H2,1-2H3,(H,25,26). The molecule has 4 heteroatoms. The molecule has 26 heavy (non-hydrogen) atoms. The molecule has 0 atom stereocenters. The predicted octanol–water partition coefficient (Wildman–Crippen LogP) is 4.53. The summed E-state index contributed by atoms with van der Waals surface area (Å²) in [7, 11) is 0. The maximum atomic E-state index is 11.5. The van der Waals surface area contributed by atoms with Crippen LogP contribution in [-0.4, -0.2) is 16.1 Å². The number of rotatable bonds is 4. The van der Waals surface area contributed by atoms with Crippen molar-refractivity contribution in [3.05, 3.63) is 88.1 Å². The highest BCUT2D eigenvalue weighted by Crippen LogP contribution is 2.26. The summed E-state index contributed by atoms with van der Waals surface area (Å²) in [6.07, 6.45) is 2.25. The Morgan fingerprint density at radius 1 is 1.15 bits per heavy atom. The van der Waals surface area contributed by atoms with E-state index in [1.807, 2.05) is 50.2 Å². The summed E-state index contributed by atoms with van der Waals surface area (Å²) >= 11 is 0. The monoisotopic (exact) mass is 342 g/mol. The molecule has 0 saturated heterocycles. The Bertz CT molecular complexity index is 1030. The van der Waals surface area contributed by atoms with Crippen LogP contribution in [0.1, 0.15) is 38.2 Å². The van der Waals surface area contributed by atoms with E-state index in [0.717, 1.165) is 33.5 Å². The van der Waals surface area contributed by atoms with Gasteiger partial charge >= 0.3 is 5.97 Å². The summed E-state index contributed by atoms with van der Waals surface area (Å²) in [5, 5.41) is 18.7. The number of nitrogens with zero attached hydrogens (tertiary/aromatic N) is 2. The number of carbonyl (C=O) groups is 1. The van der Waals surface area contributed by atoms with Gasteiger partial charge in [-0.2, -0.15) is 5.26 Å². The minimum absolute atomic E-state index is 0.321. The zero-order chi connectivity index (χ0) is 18.7. The van der Waals surface area contributed by atoms with Crippen molar-refractivity contribution in [1.29, 1.82) is 5.26 Å². The third-order valence-corrected chi connectivity index (χ3v) is 4.33. The van der Waals surface area contributed by atoms with Crippen LogP contribution in [0.25, 0.3) is 11.3 Å².